The maximum Gasteiger partial charge on any atom is 0.259 e. The van der Waals surface area contributed by atoms with E-state index in [0.717, 1.165) is 0 Å². The minimum atomic E-state index is -0.499. The molecule has 0 aliphatic heterocycles. The third kappa shape index (κ3) is 5.76. The second kappa shape index (κ2) is 8.89. The van der Waals surface area contributed by atoms with Gasteiger partial charge in [0.25, 0.3) is 11.8 Å². The maximum absolute atomic E-state index is 11.7. The number of rotatable bonds is 7. The number of amides is 3. The van der Waals surface area contributed by atoms with Crippen LogP contribution in [0.3, 0.4) is 0 Å². The molecule has 24 heavy (non-hydrogen) atoms. The highest BCUT2D eigenvalue weighted by Gasteiger charge is 2.08. The van der Waals surface area contributed by atoms with Crippen molar-refractivity contribution >= 4 is 23.9 Å². The highest BCUT2D eigenvalue weighted by Crippen LogP contribution is 1.97. The van der Waals surface area contributed by atoms with E-state index in [1.54, 1.807) is 42.5 Å². The van der Waals surface area contributed by atoms with Crippen molar-refractivity contribution in [3.8, 4) is 0 Å². The van der Waals surface area contributed by atoms with Crippen LogP contribution in [0, 0.1) is 0 Å². The summed E-state index contributed by atoms with van der Waals surface area (Å²) in [4.78, 5) is 34.8. The van der Waals surface area contributed by atoms with E-state index in [0.29, 0.717) is 11.3 Å². The predicted molar refractivity (Wildman–Crippen MR) is 86.2 cm³/mol. The van der Waals surface area contributed by atoms with Gasteiger partial charge in [-0.15, -0.1) is 0 Å². The number of carbonyl (C=O) groups is 3. The Labute approximate surface area is 137 Å². The Kier molecular flexibility index (Phi) is 6.27. The fraction of sp³-hybridized carbons (Fsp3) is 0.125. The van der Waals surface area contributed by atoms with Crippen LogP contribution in [-0.2, 0) is 9.59 Å². The molecule has 1 heterocycles. The summed E-state index contributed by atoms with van der Waals surface area (Å²) in [6.45, 7) is -0.480. The Morgan fingerprint density at radius 3 is 2.42 bits per heavy atom. The largest absolute Gasteiger partial charge is 0.463 e. The Morgan fingerprint density at radius 1 is 0.958 bits per heavy atom. The van der Waals surface area contributed by atoms with Gasteiger partial charge in [-0.3, -0.25) is 14.4 Å². The van der Waals surface area contributed by atoms with Gasteiger partial charge in [0.2, 0.25) is 5.91 Å². The van der Waals surface area contributed by atoms with Crippen molar-refractivity contribution in [2.45, 2.75) is 0 Å². The molecule has 3 amide bonds. The van der Waals surface area contributed by atoms with Crippen molar-refractivity contribution in [2.24, 2.45) is 5.10 Å². The van der Waals surface area contributed by atoms with Crippen molar-refractivity contribution in [1.29, 1.82) is 0 Å². The van der Waals surface area contributed by atoms with Crippen LogP contribution in [0.1, 0.15) is 16.1 Å². The smallest absolute Gasteiger partial charge is 0.259 e. The van der Waals surface area contributed by atoms with E-state index in [4.69, 9.17) is 4.42 Å². The summed E-state index contributed by atoms with van der Waals surface area (Å²) in [5.74, 6) is -0.855. The summed E-state index contributed by atoms with van der Waals surface area (Å²) in [6.07, 6.45) is 2.81. The number of carbonyl (C=O) groups excluding carboxylic acids is 3. The van der Waals surface area contributed by atoms with Gasteiger partial charge in [0.15, 0.2) is 0 Å². The van der Waals surface area contributed by atoms with E-state index in [1.165, 1.54) is 12.5 Å². The molecule has 0 unspecified atom stereocenters. The molecule has 2 rings (SSSR count). The van der Waals surface area contributed by atoms with Crippen LogP contribution < -0.4 is 16.1 Å². The van der Waals surface area contributed by atoms with Crippen molar-refractivity contribution in [3.63, 3.8) is 0 Å². The number of furan rings is 1. The lowest BCUT2D eigenvalue weighted by Gasteiger charge is -2.06. The molecule has 0 aliphatic rings. The lowest BCUT2D eigenvalue weighted by atomic mass is 10.2. The molecule has 1 aromatic heterocycles. The van der Waals surface area contributed by atoms with Gasteiger partial charge in [0.05, 0.1) is 25.6 Å². The molecule has 8 heteroatoms. The minimum Gasteiger partial charge on any atom is -0.463 e. The molecule has 0 saturated heterocycles. The monoisotopic (exact) mass is 328 g/mol. The maximum atomic E-state index is 11.7. The molecule has 2 aromatic rings. The summed E-state index contributed by atoms with van der Waals surface area (Å²) >= 11 is 0. The topological polar surface area (TPSA) is 113 Å². The van der Waals surface area contributed by atoms with Gasteiger partial charge < -0.3 is 15.1 Å². The highest BCUT2D eigenvalue weighted by atomic mass is 16.3. The molecular formula is C16H16N4O4. The Hall–Kier alpha value is -3.42. The zero-order valence-corrected chi connectivity index (χ0v) is 12.7. The number of hydrazone groups is 1. The first-order chi connectivity index (χ1) is 11.6. The van der Waals surface area contributed by atoms with Gasteiger partial charge in [-0.2, -0.15) is 5.10 Å². The second-order valence-corrected chi connectivity index (χ2v) is 4.63. The fourth-order valence-electron chi connectivity index (χ4n) is 1.67. The van der Waals surface area contributed by atoms with Crippen molar-refractivity contribution < 1.29 is 18.8 Å². The van der Waals surface area contributed by atoms with Crippen LogP contribution in [0.15, 0.2) is 58.2 Å². The van der Waals surface area contributed by atoms with E-state index in [9.17, 15) is 14.4 Å². The van der Waals surface area contributed by atoms with Crippen molar-refractivity contribution in [2.75, 3.05) is 13.1 Å². The Morgan fingerprint density at radius 2 is 1.71 bits per heavy atom. The summed E-state index contributed by atoms with van der Waals surface area (Å²) < 4.78 is 4.99. The fourth-order valence-corrected chi connectivity index (χ4v) is 1.67. The van der Waals surface area contributed by atoms with E-state index in [1.807, 2.05) is 0 Å². The number of nitrogens with zero attached hydrogens (tertiary/aromatic N) is 1. The van der Waals surface area contributed by atoms with E-state index < -0.39 is 11.8 Å². The van der Waals surface area contributed by atoms with Crippen LogP contribution in [0.25, 0.3) is 0 Å². The molecule has 0 saturated carbocycles. The van der Waals surface area contributed by atoms with Gasteiger partial charge in [-0.25, -0.2) is 5.43 Å². The average Bonchev–Trinajstić information content (AvgIpc) is 3.12. The average molecular weight is 328 g/mol. The molecule has 1 aromatic carbocycles. The number of nitrogens with one attached hydrogen (secondary N) is 3. The van der Waals surface area contributed by atoms with Crippen LogP contribution in [0.2, 0.25) is 0 Å². The summed E-state index contributed by atoms with van der Waals surface area (Å²) in [7, 11) is 0. The third-order valence-corrected chi connectivity index (χ3v) is 2.82. The molecule has 0 spiro atoms. The van der Waals surface area contributed by atoms with E-state index in [-0.39, 0.29) is 19.0 Å². The van der Waals surface area contributed by atoms with Gasteiger partial charge in [0.1, 0.15) is 5.76 Å². The molecule has 0 aliphatic carbocycles. The van der Waals surface area contributed by atoms with Gasteiger partial charge >= 0.3 is 0 Å². The van der Waals surface area contributed by atoms with Crippen LogP contribution in [-0.4, -0.2) is 37.0 Å². The van der Waals surface area contributed by atoms with Crippen LogP contribution >= 0.6 is 0 Å². The molecule has 3 N–H and O–H groups in total. The second-order valence-electron chi connectivity index (χ2n) is 4.63. The van der Waals surface area contributed by atoms with Crippen LogP contribution in [0.4, 0.5) is 0 Å². The first kappa shape index (κ1) is 16.9. The molecule has 0 atom stereocenters. The molecule has 124 valence electrons. The summed E-state index contributed by atoms with van der Waals surface area (Å²) in [5.41, 5.74) is 2.69. The van der Waals surface area contributed by atoms with Crippen molar-refractivity contribution in [3.05, 3.63) is 60.1 Å². The highest BCUT2D eigenvalue weighted by molar-refractivity contribution is 5.96. The van der Waals surface area contributed by atoms with Gasteiger partial charge in [-0.1, -0.05) is 18.2 Å². The molecule has 0 fully saturated rings. The quantitative estimate of drug-likeness (QED) is 0.500. The number of hydrogen-bond donors (Lipinski definition) is 3. The number of benzene rings is 1. The summed E-state index contributed by atoms with van der Waals surface area (Å²) in [5, 5.41) is 8.50. The number of hydrogen-bond acceptors (Lipinski definition) is 5. The zero-order valence-electron chi connectivity index (χ0n) is 12.7. The Balaban J connectivity index is 1.64. The van der Waals surface area contributed by atoms with E-state index >= 15 is 0 Å². The first-order valence-corrected chi connectivity index (χ1v) is 7.10. The third-order valence-electron chi connectivity index (χ3n) is 2.82. The van der Waals surface area contributed by atoms with Crippen molar-refractivity contribution in [1.82, 2.24) is 16.1 Å². The van der Waals surface area contributed by atoms with Gasteiger partial charge in [-0.05, 0) is 24.3 Å². The summed E-state index contributed by atoms with van der Waals surface area (Å²) in [6, 6.07) is 11.9. The predicted octanol–water partition coefficient (Wildman–Crippen LogP) is 0.276. The first-order valence-electron chi connectivity index (χ1n) is 7.10. The standard InChI is InChI=1S/C16H16N4O4/c21-14(10-18-16(23)12-5-2-1-3-6-12)17-11-15(22)20-19-9-13-7-4-8-24-13/h1-9H,10-11H2,(H,17,21)(H,18,23)(H,20,22). The van der Waals surface area contributed by atoms with Gasteiger partial charge in [0, 0.05) is 5.56 Å². The Bertz CT molecular complexity index is 711. The molecular weight excluding hydrogens is 312 g/mol. The lowest BCUT2D eigenvalue weighted by Crippen LogP contribution is -2.41. The lowest BCUT2D eigenvalue weighted by molar-refractivity contribution is -0.125. The zero-order chi connectivity index (χ0) is 17.2. The molecule has 0 bridgehead atoms. The van der Waals surface area contributed by atoms with E-state index in [2.05, 4.69) is 21.2 Å². The normalized spacial score (nSPS) is 10.3. The minimum absolute atomic E-state index is 0.226. The SMILES string of the molecule is O=C(CNC(=O)c1ccccc1)NCC(=O)NN=Cc1ccco1. The molecule has 8 nitrogen and oxygen atoms in total. The molecule has 0 radical (unpaired) electrons. The van der Waals surface area contributed by atoms with Crippen LogP contribution in [0.5, 0.6) is 0 Å².